The standard InChI is InChI=1S/C18H22FN3O4S/c1-25-14-7-6-12(16(8-14)26-2)9-22-27(23,24)17-5-3-4-15(17)18-20-10-13(19)11-21-18/h6-8,10-11,15,17,22H,3-5,9H2,1-2H3/t15-,17-/m1/s1. The minimum absolute atomic E-state index is 0.100. The van der Waals surface area contributed by atoms with Crippen molar-refractivity contribution in [1.82, 2.24) is 14.7 Å². The average molecular weight is 395 g/mol. The van der Waals surface area contributed by atoms with Crippen LogP contribution in [0.2, 0.25) is 0 Å². The van der Waals surface area contributed by atoms with E-state index in [0.717, 1.165) is 18.8 Å². The number of benzene rings is 1. The molecule has 0 radical (unpaired) electrons. The Kier molecular flexibility index (Phi) is 5.91. The zero-order valence-corrected chi connectivity index (χ0v) is 16.0. The molecule has 9 heteroatoms. The molecule has 1 aromatic heterocycles. The maximum Gasteiger partial charge on any atom is 0.215 e. The molecular formula is C18H22FN3O4S. The molecule has 0 saturated heterocycles. The van der Waals surface area contributed by atoms with E-state index in [0.29, 0.717) is 35.7 Å². The predicted octanol–water partition coefficient (Wildman–Crippen LogP) is 2.39. The van der Waals surface area contributed by atoms with E-state index in [1.807, 2.05) is 0 Å². The first-order valence-electron chi connectivity index (χ1n) is 8.61. The van der Waals surface area contributed by atoms with Crippen molar-refractivity contribution < 1.29 is 22.3 Å². The van der Waals surface area contributed by atoms with E-state index in [-0.39, 0.29) is 12.5 Å². The minimum atomic E-state index is -3.62. The number of halogens is 1. The number of nitrogens with zero attached hydrogens (tertiary/aromatic N) is 2. The first-order valence-corrected chi connectivity index (χ1v) is 10.2. The molecule has 1 aliphatic rings. The fourth-order valence-electron chi connectivity index (χ4n) is 3.39. The van der Waals surface area contributed by atoms with Crippen molar-refractivity contribution in [2.75, 3.05) is 14.2 Å². The van der Waals surface area contributed by atoms with Gasteiger partial charge in [0.1, 0.15) is 17.3 Å². The van der Waals surface area contributed by atoms with Crippen LogP contribution in [-0.4, -0.2) is 37.9 Å². The Balaban J connectivity index is 1.75. The number of hydrogen-bond acceptors (Lipinski definition) is 6. The Morgan fingerprint density at radius 2 is 1.93 bits per heavy atom. The van der Waals surface area contributed by atoms with Gasteiger partial charge in [0.05, 0.1) is 31.9 Å². The molecule has 0 aliphatic heterocycles. The molecule has 1 N–H and O–H groups in total. The molecule has 2 atom stereocenters. The molecule has 0 unspecified atom stereocenters. The average Bonchev–Trinajstić information content (AvgIpc) is 3.17. The van der Waals surface area contributed by atoms with Gasteiger partial charge in [0.25, 0.3) is 0 Å². The molecule has 27 heavy (non-hydrogen) atoms. The highest BCUT2D eigenvalue weighted by Gasteiger charge is 2.39. The summed E-state index contributed by atoms with van der Waals surface area (Å²) in [7, 11) is -0.547. The molecule has 2 aromatic rings. The van der Waals surface area contributed by atoms with Crippen molar-refractivity contribution in [1.29, 1.82) is 0 Å². The van der Waals surface area contributed by atoms with Crippen LogP contribution in [0.25, 0.3) is 0 Å². The van der Waals surface area contributed by atoms with Gasteiger partial charge in [0, 0.05) is 24.1 Å². The lowest BCUT2D eigenvalue weighted by atomic mass is 10.1. The Morgan fingerprint density at radius 1 is 1.19 bits per heavy atom. The van der Waals surface area contributed by atoms with E-state index in [2.05, 4.69) is 14.7 Å². The van der Waals surface area contributed by atoms with Crippen molar-refractivity contribution >= 4 is 10.0 Å². The summed E-state index contributed by atoms with van der Waals surface area (Å²) in [5, 5.41) is -0.646. The number of methoxy groups -OCH3 is 2. The van der Waals surface area contributed by atoms with Crippen LogP contribution in [0.5, 0.6) is 11.5 Å². The Morgan fingerprint density at radius 3 is 2.59 bits per heavy atom. The molecule has 1 aromatic carbocycles. The molecular weight excluding hydrogens is 373 g/mol. The smallest absolute Gasteiger partial charge is 0.215 e. The van der Waals surface area contributed by atoms with Crippen molar-refractivity contribution in [2.45, 2.75) is 37.0 Å². The van der Waals surface area contributed by atoms with E-state index in [1.165, 1.54) is 7.11 Å². The second-order valence-electron chi connectivity index (χ2n) is 6.38. The van der Waals surface area contributed by atoms with Crippen LogP contribution in [0, 0.1) is 5.82 Å². The number of hydrogen-bond donors (Lipinski definition) is 1. The summed E-state index contributed by atoms with van der Waals surface area (Å²) in [6.07, 6.45) is 4.06. The normalized spacial score (nSPS) is 19.8. The lowest BCUT2D eigenvalue weighted by molar-refractivity contribution is 0.390. The van der Waals surface area contributed by atoms with E-state index < -0.39 is 21.1 Å². The maximum atomic E-state index is 13.1. The van der Waals surface area contributed by atoms with Crippen LogP contribution in [0.15, 0.2) is 30.6 Å². The number of aromatic nitrogens is 2. The maximum absolute atomic E-state index is 13.1. The third-order valence-electron chi connectivity index (χ3n) is 4.78. The van der Waals surface area contributed by atoms with Gasteiger partial charge in [0.2, 0.25) is 10.0 Å². The third kappa shape index (κ3) is 4.36. The zero-order valence-electron chi connectivity index (χ0n) is 15.2. The molecule has 3 rings (SSSR count). The van der Waals surface area contributed by atoms with Gasteiger partial charge in [-0.3, -0.25) is 0 Å². The summed E-state index contributed by atoms with van der Waals surface area (Å²) < 4.78 is 51.9. The van der Waals surface area contributed by atoms with E-state index in [9.17, 15) is 12.8 Å². The second-order valence-corrected chi connectivity index (χ2v) is 8.36. The fraction of sp³-hybridized carbons (Fsp3) is 0.444. The van der Waals surface area contributed by atoms with Crippen LogP contribution in [0.4, 0.5) is 4.39 Å². The zero-order chi connectivity index (χ0) is 19.4. The Labute approximate surface area is 158 Å². The molecule has 1 aliphatic carbocycles. The molecule has 0 amide bonds. The number of sulfonamides is 1. The predicted molar refractivity (Wildman–Crippen MR) is 97.7 cm³/mol. The molecule has 146 valence electrons. The minimum Gasteiger partial charge on any atom is -0.497 e. The number of ether oxygens (including phenoxy) is 2. The Bertz CT molecular complexity index is 890. The number of nitrogens with one attached hydrogen (secondary N) is 1. The third-order valence-corrected chi connectivity index (χ3v) is 6.69. The van der Waals surface area contributed by atoms with E-state index in [4.69, 9.17) is 9.47 Å². The summed E-state index contributed by atoms with van der Waals surface area (Å²) in [5.74, 6) is 0.651. The molecule has 1 fully saturated rings. The summed E-state index contributed by atoms with van der Waals surface area (Å²) >= 11 is 0. The lowest BCUT2D eigenvalue weighted by Crippen LogP contribution is -2.36. The van der Waals surface area contributed by atoms with Gasteiger partial charge >= 0.3 is 0 Å². The molecule has 1 heterocycles. The van der Waals surface area contributed by atoms with Crippen LogP contribution in [0.3, 0.4) is 0 Å². The fourth-order valence-corrected chi connectivity index (χ4v) is 5.13. The van der Waals surface area contributed by atoms with Crippen molar-refractivity contribution in [3.05, 3.63) is 47.8 Å². The van der Waals surface area contributed by atoms with E-state index >= 15 is 0 Å². The van der Waals surface area contributed by atoms with Crippen molar-refractivity contribution in [3.8, 4) is 11.5 Å². The van der Waals surface area contributed by atoms with Gasteiger partial charge < -0.3 is 9.47 Å². The van der Waals surface area contributed by atoms with E-state index in [1.54, 1.807) is 25.3 Å². The van der Waals surface area contributed by atoms with Gasteiger partial charge in [-0.05, 0) is 18.9 Å². The van der Waals surface area contributed by atoms with Gasteiger partial charge in [-0.2, -0.15) is 0 Å². The van der Waals surface area contributed by atoms with Crippen LogP contribution in [-0.2, 0) is 16.6 Å². The Hall–Kier alpha value is -2.26. The van der Waals surface area contributed by atoms with Crippen molar-refractivity contribution in [3.63, 3.8) is 0 Å². The first-order chi connectivity index (χ1) is 12.9. The highest BCUT2D eigenvalue weighted by Crippen LogP contribution is 2.37. The summed E-state index contributed by atoms with van der Waals surface area (Å²) in [5.41, 5.74) is 0.703. The first kappa shape index (κ1) is 19.5. The van der Waals surface area contributed by atoms with Gasteiger partial charge in [-0.15, -0.1) is 0 Å². The van der Waals surface area contributed by atoms with Gasteiger partial charge in [-0.25, -0.2) is 27.5 Å². The van der Waals surface area contributed by atoms with Crippen molar-refractivity contribution in [2.24, 2.45) is 0 Å². The highest BCUT2D eigenvalue weighted by molar-refractivity contribution is 7.90. The molecule has 0 spiro atoms. The second kappa shape index (κ2) is 8.18. The molecule has 1 saturated carbocycles. The monoisotopic (exact) mass is 395 g/mol. The highest BCUT2D eigenvalue weighted by atomic mass is 32.2. The molecule has 7 nitrogen and oxygen atoms in total. The topological polar surface area (TPSA) is 90.4 Å². The van der Waals surface area contributed by atoms with Crippen LogP contribution in [0.1, 0.15) is 36.6 Å². The largest absolute Gasteiger partial charge is 0.497 e. The summed E-state index contributed by atoms with van der Waals surface area (Å²) in [6, 6.07) is 5.21. The molecule has 0 bridgehead atoms. The number of rotatable bonds is 7. The quantitative estimate of drug-likeness (QED) is 0.774. The lowest BCUT2D eigenvalue weighted by Gasteiger charge is -2.20. The van der Waals surface area contributed by atoms with Gasteiger partial charge in [-0.1, -0.05) is 12.5 Å². The van der Waals surface area contributed by atoms with Crippen LogP contribution < -0.4 is 14.2 Å². The SMILES string of the molecule is COc1ccc(CNS(=O)(=O)[C@@H]2CCC[C@H]2c2ncc(F)cn2)c(OC)c1. The van der Waals surface area contributed by atoms with Gasteiger partial charge in [0.15, 0.2) is 5.82 Å². The summed E-state index contributed by atoms with van der Waals surface area (Å²) in [6.45, 7) is 0.100. The van der Waals surface area contributed by atoms with Crippen LogP contribution >= 0.6 is 0 Å². The summed E-state index contributed by atoms with van der Waals surface area (Å²) in [4.78, 5) is 7.95.